The Labute approximate surface area is 126 Å². The van der Waals surface area contributed by atoms with Gasteiger partial charge in [-0.25, -0.2) is 0 Å². The molecule has 0 N–H and O–H groups in total. The molecule has 0 fully saturated rings. The highest BCUT2D eigenvalue weighted by molar-refractivity contribution is 6.27. The van der Waals surface area contributed by atoms with E-state index in [2.05, 4.69) is 0 Å². The fraction of sp³-hybridized carbons (Fsp3) is 0.438. The van der Waals surface area contributed by atoms with Crippen LogP contribution in [0.4, 0.5) is 0 Å². The Morgan fingerprint density at radius 1 is 1.30 bits per heavy atom. The van der Waals surface area contributed by atoms with Crippen molar-refractivity contribution in [2.45, 2.75) is 33.9 Å². The maximum absolute atomic E-state index is 12.2. The van der Waals surface area contributed by atoms with Crippen molar-refractivity contribution >= 4 is 23.2 Å². The van der Waals surface area contributed by atoms with Gasteiger partial charge in [-0.05, 0) is 33.3 Å². The van der Waals surface area contributed by atoms with Gasteiger partial charge in [0.1, 0.15) is 12.1 Å². The van der Waals surface area contributed by atoms with E-state index in [4.69, 9.17) is 16.3 Å². The molecule has 1 aromatic rings. The molecule has 0 aliphatic carbocycles. The Bertz CT molecular complexity index is 467. The quantitative estimate of drug-likeness (QED) is 0.589. The van der Waals surface area contributed by atoms with E-state index in [1.165, 1.54) is 0 Å². The van der Waals surface area contributed by atoms with Gasteiger partial charge in [0.05, 0.1) is 5.70 Å². The number of allylic oxidation sites excluding steroid dienone is 1. The van der Waals surface area contributed by atoms with E-state index in [1.54, 1.807) is 4.90 Å². The van der Waals surface area contributed by atoms with Crippen molar-refractivity contribution in [1.82, 2.24) is 4.90 Å². The molecule has 0 radical (unpaired) electrons. The van der Waals surface area contributed by atoms with E-state index in [0.29, 0.717) is 6.61 Å². The molecule has 20 heavy (non-hydrogen) atoms. The minimum absolute atomic E-state index is 0.0684. The molecule has 0 saturated heterocycles. The molecule has 1 atom stereocenters. The van der Waals surface area contributed by atoms with Gasteiger partial charge in [0.25, 0.3) is 0 Å². The average molecular weight is 296 g/mol. The molecule has 0 aromatic heterocycles. The van der Waals surface area contributed by atoms with Gasteiger partial charge in [0.15, 0.2) is 0 Å². The van der Waals surface area contributed by atoms with Crippen LogP contribution in [0.15, 0.2) is 35.9 Å². The van der Waals surface area contributed by atoms with Crippen LogP contribution in [-0.2, 0) is 9.53 Å². The van der Waals surface area contributed by atoms with Crippen LogP contribution in [-0.4, -0.2) is 29.5 Å². The Balaban J connectivity index is 3.27. The minimum atomic E-state index is -0.351. The van der Waals surface area contributed by atoms with Crippen LogP contribution in [0.25, 0.3) is 5.70 Å². The van der Waals surface area contributed by atoms with Gasteiger partial charge in [-0.15, -0.1) is 11.6 Å². The minimum Gasteiger partial charge on any atom is -0.359 e. The first-order chi connectivity index (χ1) is 9.52. The van der Waals surface area contributed by atoms with Crippen molar-refractivity contribution in [2.24, 2.45) is 0 Å². The number of carbonyl (C=O) groups excluding carboxylic acids is 1. The highest BCUT2D eigenvalue weighted by Crippen LogP contribution is 2.26. The summed E-state index contributed by atoms with van der Waals surface area (Å²) in [5.41, 5.74) is 2.89. The van der Waals surface area contributed by atoms with Crippen molar-refractivity contribution in [2.75, 3.05) is 12.5 Å². The molecule has 0 aliphatic heterocycles. The van der Waals surface area contributed by atoms with Crippen molar-refractivity contribution in [1.29, 1.82) is 0 Å². The van der Waals surface area contributed by atoms with Gasteiger partial charge in [0, 0.05) is 6.61 Å². The summed E-state index contributed by atoms with van der Waals surface area (Å²) in [6.07, 6.45) is -0.351. The van der Waals surface area contributed by atoms with Crippen LogP contribution in [0.1, 0.15) is 33.3 Å². The fourth-order valence-corrected chi connectivity index (χ4v) is 2.28. The van der Waals surface area contributed by atoms with Crippen LogP contribution in [0, 0.1) is 0 Å². The zero-order valence-corrected chi connectivity index (χ0v) is 13.3. The molecule has 1 rings (SSSR count). The maximum atomic E-state index is 12.2. The van der Waals surface area contributed by atoms with Gasteiger partial charge in [-0.1, -0.05) is 35.9 Å². The summed E-state index contributed by atoms with van der Waals surface area (Å²) in [7, 11) is 0. The summed E-state index contributed by atoms with van der Waals surface area (Å²) in [5.74, 6) is -0.228. The lowest BCUT2D eigenvalue weighted by Crippen LogP contribution is -2.40. The van der Waals surface area contributed by atoms with Gasteiger partial charge < -0.3 is 4.74 Å². The molecule has 0 saturated carbocycles. The summed E-state index contributed by atoms with van der Waals surface area (Å²) in [6.45, 7) is 8.27. The summed E-state index contributed by atoms with van der Waals surface area (Å²) < 4.78 is 5.59. The lowest BCUT2D eigenvalue weighted by atomic mass is 10.1. The number of ether oxygens (including phenoxy) is 1. The summed E-state index contributed by atoms with van der Waals surface area (Å²) in [4.78, 5) is 13.9. The third kappa shape index (κ3) is 4.09. The maximum Gasteiger partial charge on any atom is 0.244 e. The molecule has 3 nitrogen and oxygen atoms in total. The summed E-state index contributed by atoms with van der Waals surface area (Å²) in [5, 5.41) is 0. The number of nitrogens with zero attached hydrogens (tertiary/aromatic N) is 1. The van der Waals surface area contributed by atoms with Crippen molar-refractivity contribution < 1.29 is 9.53 Å². The Hall–Kier alpha value is -1.32. The number of alkyl halides is 1. The molecular formula is C16H22ClNO2. The topological polar surface area (TPSA) is 29.5 Å². The van der Waals surface area contributed by atoms with Crippen LogP contribution in [0.3, 0.4) is 0 Å². The first kappa shape index (κ1) is 16.7. The first-order valence-electron chi connectivity index (χ1n) is 6.75. The van der Waals surface area contributed by atoms with Gasteiger partial charge in [0.2, 0.25) is 5.91 Å². The number of hydrogen-bond donors (Lipinski definition) is 0. The van der Waals surface area contributed by atoms with Gasteiger partial charge in [-0.3, -0.25) is 9.69 Å². The van der Waals surface area contributed by atoms with Crippen LogP contribution in [0.2, 0.25) is 0 Å². The van der Waals surface area contributed by atoms with Crippen molar-refractivity contribution in [3.05, 3.63) is 41.5 Å². The zero-order chi connectivity index (χ0) is 15.1. The van der Waals surface area contributed by atoms with Crippen LogP contribution >= 0.6 is 11.6 Å². The summed E-state index contributed by atoms with van der Waals surface area (Å²) >= 11 is 5.76. The van der Waals surface area contributed by atoms with Crippen molar-refractivity contribution in [3.8, 4) is 0 Å². The van der Waals surface area contributed by atoms with E-state index in [0.717, 1.165) is 16.8 Å². The van der Waals surface area contributed by atoms with Gasteiger partial charge in [-0.2, -0.15) is 0 Å². The first-order valence-corrected chi connectivity index (χ1v) is 7.28. The SMILES string of the molecule is CCOC(C)N(C(=O)CCl)C(=C(C)C)c1ccccc1. The Morgan fingerprint density at radius 3 is 2.35 bits per heavy atom. The van der Waals surface area contributed by atoms with E-state index >= 15 is 0 Å². The predicted octanol–water partition coefficient (Wildman–Crippen LogP) is 3.89. The molecular weight excluding hydrogens is 274 g/mol. The smallest absolute Gasteiger partial charge is 0.244 e. The van der Waals surface area contributed by atoms with E-state index in [-0.39, 0.29) is 18.0 Å². The molecule has 110 valence electrons. The predicted molar refractivity (Wildman–Crippen MR) is 83.4 cm³/mol. The van der Waals surface area contributed by atoms with Gasteiger partial charge >= 0.3 is 0 Å². The lowest BCUT2D eigenvalue weighted by molar-refractivity contribution is -0.134. The van der Waals surface area contributed by atoms with E-state index < -0.39 is 0 Å². The molecule has 0 aliphatic rings. The fourth-order valence-electron chi connectivity index (χ4n) is 2.15. The number of halogens is 1. The largest absolute Gasteiger partial charge is 0.359 e. The average Bonchev–Trinajstić information content (AvgIpc) is 2.44. The summed E-state index contributed by atoms with van der Waals surface area (Å²) in [6, 6.07) is 9.82. The molecule has 1 unspecified atom stereocenters. The second kappa shape index (κ2) is 8.08. The van der Waals surface area contributed by atoms with E-state index in [1.807, 2.05) is 58.0 Å². The highest BCUT2D eigenvalue weighted by Gasteiger charge is 2.25. The number of benzene rings is 1. The molecule has 1 amide bonds. The van der Waals surface area contributed by atoms with E-state index in [9.17, 15) is 4.79 Å². The Kier molecular flexibility index (Phi) is 6.76. The monoisotopic (exact) mass is 295 g/mol. The Morgan fingerprint density at radius 2 is 1.90 bits per heavy atom. The molecule has 1 aromatic carbocycles. The van der Waals surface area contributed by atoms with Crippen LogP contribution in [0.5, 0.6) is 0 Å². The molecule has 0 bridgehead atoms. The molecule has 0 heterocycles. The van der Waals surface area contributed by atoms with Crippen LogP contribution < -0.4 is 0 Å². The lowest BCUT2D eigenvalue weighted by Gasteiger charge is -2.32. The normalized spacial score (nSPS) is 11.8. The highest BCUT2D eigenvalue weighted by atomic mass is 35.5. The standard InChI is InChI=1S/C16H22ClNO2/c1-5-20-13(4)18(15(19)11-17)16(12(2)3)14-9-7-6-8-10-14/h6-10,13H,5,11H2,1-4H3. The number of amides is 1. The second-order valence-corrected chi connectivity index (χ2v) is 4.93. The number of carbonyl (C=O) groups is 1. The zero-order valence-electron chi connectivity index (χ0n) is 12.5. The number of rotatable bonds is 6. The third-order valence-corrected chi connectivity index (χ3v) is 3.14. The van der Waals surface area contributed by atoms with Crippen molar-refractivity contribution in [3.63, 3.8) is 0 Å². The molecule has 4 heteroatoms. The number of hydrogen-bond acceptors (Lipinski definition) is 2. The molecule has 0 spiro atoms. The third-order valence-electron chi connectivity index (χ3n) is 2.92. The second-order valence-electron chi connectivity index (χ2n) is 4.67.